The Morgan fingerprint density at radius 1 is 1.21 bits per heavy atom. The molecule has 0 radical (unpaired) electrons. The smallest absolute Gasteiger partial charge is 0.340 e. The maximum atomic E-state index is 12.0. The third kappa shape index (κ3) is 4.67. The molecule has 0 heterocycles. The van der Waals surface area contributed by atoms with Gasteiger partial charge in [-0.2, -0.15) is 0 Å². The minimum atomic E-state index is -0.479. The van der Waals surface area contributed by atoms with Gasteiger partial charge in [0.25, 0.3) is 0 Å². The summed E-state index contributed by atoms with van der Waals surface area (Å²) < 4.78 is 10.8. The Hall–Kier alpha value is -1.35. The van der Waals surface area contributed by atoms with Crippen LogP contribution in [0, 0.1) is 6.92 Å². The average Bonchev–Trinajstić information content (AvgIpc) is 2.34. The second-order valence-corrected chi connectivity index (χ2v) is 5.01. The first kappa shape index (κ1) is 15.7. The van der Waals surface area contributed by atoms with Gasteiger partial charge in [0.15, 0.2) is 6.10 Å². The van der Waals surface area contributed by atoms with E-state index in [4.69, 9.17) is 9.47 Å². The fourth-order valence-corrected chi connectivity index (χ4v) is 1.90. The lowest BCUT2D eigenvalue weighted by Gasteiger charge is -2.15. The molecule has 0 aliphatic heterocycles. The highest BCUT2D eigenvalue weighted by atomic mass is 16.6. The third-order valence-electron chi connectivity index (χ3n) is 2.96. The Balaban J connectivity index is 2.84. The molecular weight excluding hydrogens is 240 g/mol. The van der Waals surface area contributed by atoms with Gasteiger partial charge in [-0.25, -0.2) is 4.79 Å². The molecule has 1 atom stereocenters. The van der Waals surface area contributed by atoms with Crippen LogP contribution in [0.15, 0.2) is 18.2 Å². The van der Waals surface area contributed by atoms with E-state index in [1.165, 1.54) is 5.56 Å². The summed E-state index contributed by atoms with van der Waals surface area (Å²) >= 11 is 0. The standard InChI is InChI=1S/C16H24O3/c1-6-15(18-7-2)16(17)19-14-9-12(5)8-13(10-14)11(3)4/h8-11,15H,6-7H2,1-5H3. The number of ether oxygens (including phenoxy) is 2. The van der Waals surface area contributed by atoms with Crippen LogP contribution >= 0.6 is 0 Å². The van der Waals surface area contributed by atoms with Crippen molar-refractivity contribution in [3.63, 3.8) is 0 Å². The van der Waals surface area contributed by atoms with Crippen molar-refractivity contribution in [2.45, 2.75) is 53.1 Å². The van der Waals surface area contributed by atoms with Crippen molar-refractivity contribution in [1.82, 2.24) is 0 Å². The van der Waals surface area contributed by atoms with E-state index in [0.29, 0.717) is 24.7 Å². The van der Waals surface area contributed by atoms with E-state index in [2.05, 4.69) is 19.9 Å². The highest BCUT2D eigenvalue weighted by Crippen LogP contribution is 2.23. The highest BCUT2D eigenvalue weighted by molar-refractivity contribution is 5.77. The molecule has 106 valence electrons. The van der Waals surface area contributed by atoms with Gasteiger partial charge in [0.05, 0.1) is 0 Å². The molecule has 0 saturated carbocycles. The van der Waals surface area contributed by atoms with Gasteiger partial charge in [0, 0.05) is 6.61 Å². The van der Waals surface area contributed by atoms with Crippen LogP contribution in [0.4, 0.5) is 0 Å². The fraction of sp³-hybridized carbons (Fsp3) is 0.562. The first-order valence-electron chi connectivity index (χ1n) is 6.92. The zero-order valence-corrected chi connectivity index (χ0v) is 12.5. The molecular formula is C16H24O3. The monoisotopic (exact) mass is 264 g/mol. The summed E-state index contributed by atoms with van der Waals surface area (Å²) in [6, 6.07) is 5.92. The number of carbonyl (C=O) groups is 1. The molecule has 0 aliphatic rings. The molecule has 0 N–H and O–H groups in total. The van der Waals surface area contributed by atoms with Crippen molar-refractivity contribution >= 4 is 5.97 Å². The maximum Gasteiger partial charge on any atom is 0.340 e. The SMILES string of the molecule is CCOC(CC)C(=O)Oc1cc(C)cc(C(C)C)c1. The van der Waals surface area contributed by atoms with Gasteiger partial charge in [0.1, 0.15) is 5.75 Å². The number of benzene rings is 1. The predicted octanol–water partition coefficient (Wildman–Crippen LogP) is 3.84. The summed E-state index contributed by atoms with van der Waals surface area (Å²) in [7, 11) is 0. The van der Waals surface area contributed by atoms with Crippen LogP contribution < -0.4 is 4.74 Å². The second-order valence-electron chi connectivity index (χ2n) is 5.01. The molecule has 0 fully saturated rings. The van der Waals surface area contributed by atoms with Crippen molar-refractivity contribution < 1.29 is 14.3 Å². The Morgan fingerprint density at radius 3 is 2.42 bits per heavy atom. The van der Waals surface area contributed by atoms with Gasteiger partial charge in [-0.1, -0.05) is 26.8 Å². The van der Waals surface area contributed by atoms with Crippen molar-refractivity contribution in [2.75, 3.05) is 6.61 Å². The normalized spacial score (nSPS) is 12.5. The molecule has 0 amide bonds. The number of esters is 1. The van der Waals surface area contributed by atoms with E-state index in [1.54, 1.807) is 0 Å². The molecule has 1 aromatic carbocycles. The summed E-state index contributed by atoms with van der Waals surface area (Å²) in [4.78, 5) is 12.0. The van der Waals surface area contributed by atoms with Gasteiger partial charge in [-0.05, 0) is 49.4 Å². The molecule has 1 aromatic rings. The van der Waals surface area contributed by atoms with Crippen molar-refractivity contribution in [3.05, 3.63) is 29.3 Å². The molecule has 1 unspecified atom stereocenters. The fourth-order valence-electron chi connectivity index (χ4n) is 1.90. The molecule has 3 heteroatoms. The number of rotatable bonds is 6. The summed E-state index contributed by atoms with van der Waals surface area (Å²) in [6.07, 6.45) is 0.142. The van der Waals surface area contributed by atoms with Crippen molar-refractivity contribution in [1.29, 1.82) is 0 Å². The Morgan fingerprint density at radius 2 is 1.89 bits per heavy atom. The molecule has 19 heavy (non-hydrogen) atoms. The Bertz CT molecular complexity index is 424. The summed E-state index contributed by atoms with van der Waals surface area (Å²) in [5.41, 5.74) is 2.27. The first-order valence-corrected chi connectivity index (χ1v) is 6.92. The quantitative estimate of drug-likeness (QED) is 0.578. The van der Waals surface area contributed by atoms with Crippen LogP contribution in [-0.2, 0) is 9.53 Å². The Kier molecular flexibility index (Phi) is 6.03. The molecule has 0 aromatic heterocycles. The topological polar surface area (TPSA) is 35.5 Å². The maximum absolute atomic E-state index is 12.0. The van der Waals surface area contributed by atoms with E-state index < -0.39 is 6.10 Å². The zero-order valence-electron chi connectivity index (χ0n) is 12.5. The van der Waals surface area contributed by atoms with Crippen LogP contribution in [0.3, 0.4) is 0 Å². The number of hydrogen-bond donors (Lipinski definition) is 0. The third-order valence-corrected chi connectivity index (χ3v) is 2.96. The van der Waals surface area contributed by atoms with Gasteiger partial charge >= 0.3 is 5.97 Å². The average molecular weight is 264 g/mol. The van der Waals surface area contributed by atoms with Crippen molar-refractivity contribution in [2.24, 2.45) is 0 Å². The van der Waals surface area contributed by atoms with E-state index in [1.807, 2.05) is 32.9 Å². The van der Waals surface area contributed by atoms with E-state index >= 15 is 0 Å². The van der Waals surface area contributed by atoms with Crippen LogP contribution in [0.5, 0.6) is 5.75 Å². The largest absolute Gasteiger partial charge is 0.425 e. The van der Waals surface area contributed by atoms with Crippen LogP contribution in [0.1, 0.15) is 51.2 Å². The van der Waals surface area contributed by atoms with E-state index in [-0.39, 0.29) is 5.97 Å². The van der Waals surface area contributed by atoms with Crippen LogP contribution in [0.2, 0.25) is 0 Å². The molecule has 0 spiro atoms. The zero-order chi connectivity index (χ0) is 14.4. The minimum Gasteiger partial charge on any atom is -0.425 e. The van der Waals surface area contributed by atoms with Crippen LogP contribution in [0.25, 0.3) is 0 Å². The molecule has 0 bridgehead atoms. The summed E-state index contributed by atoms with van der Waals surface area (Å²) in [6.45, 7) is 10.5. The first-order chi connectivity index (χ1) is 8.97. The predicted molar refractivity (Wildman–Crippen MR) is 76.6 cm³/mol. The number of carbonyl (C=O) groups excluding carboxylic acids is 1. The molecule has 0 saturated heterocycles. The lowest BCUT2D eigenvalue weighted by Crippen LogP contribution is -2.28. The molecule has 1 rings (SSSR count). The number of aryl methyl sites for hydroxylation is 1. The van der Waals surface area contributed by atoms with E-state index in [9.17, 15) is 4.79 Å². The highest BCUT2D eigenvalue weighted by Gasteiger charge is 2.19. The number of hydrogen-bond acceptors (Lipinski definition) is 3. The van der Waals surface area contributed by atoms with Gasteiger partial charge in [-0.3, -0.25) is 0 Å². The molecule has 3 nitrogen and oxygen atoms in total. The Labute approximate surface area is 115 Å². The minimum absolute atomic E-state index is 0.315. The lowest BCUT2D eigenvalue weighted by molar-refractivity contribution is -0.147. The second kappa shape index (κ2) is 7.29. The van der Waals surface area contributed by atoms with Crippen LogP contribution in [-0.4, -0.2) is 18.7 Å². The van der Waals surface area contributed by atoms with Gasteiger partial charge in [-0.15, -0.1) is 0 Å². The molecule has 0 aliphatic carbocycles. The summed E-state index contributed by atoms with van der Waals surface area (Å²) in [5, 5.41) is 0. The lowest BCUT2D eigenvalue weighted by atomic mass is 10.0. The van der Waals surface area contributed by atoms with E-state index in [0.717, 1.165) is 5.56 Å². The summed E-state index contributed by atoms with van der Waals surface area (Å²) in [5.74, 6) is 0.697. The van der Waals surface area contributed by atoms with Crippen molar-refractivity contribution in [3.8, 4) is 5.75 Å². The van der Waals surface area contributed by atoms with Gasteiger partial charge < -0.3 is 9.47 Å². The van der Waals surface area contributed by atoms with Gasteiger partial charge in [0.2, 0.25) is 0 Å².